The highest BCUT2D eigenvalue weighted by Crippen LogP contribution is 2.67. The minimum absolute atomic E-state index is 0.191. The molecule has 0 saturated heterocycles. The molecule has 11 aromatic rings. The predicted molar refractivity (Wildman–Crippen MR) is 301 cm³/mol. The van der Waals surface area contributed by atoms with Crippen molar-refractivity contribution in [1.82, 2.24) is 0 Å². The molecule has 0 N–H and O–H groups in total. The first-order valence-electron chi connectivity index (χ1n) is 25.8. The second-order valence-corrected chi connectivity index (χ2v) is 21.1. The summed E-state index contributed by atoms with van der Waals surface area (Å²) in [4.78, 5) is 5.07. The molecule has 342 valence electrons. The Labute approximate surface area is 426 Å². The summed E-state index contributed by atoms with van der Waals surface area (Å²) >= 11 is 0. The van der Waals surface area contributed by atoms with Crippen LogP contribution in [0.2, 0.25) is 0 Å². The molecule has 0 radical (unpaired) electrons. The number of hydrogen-bond acceptors (Lipinski definition) is 2. The van der Waals surface area contributed by atoms with Gasteiger partial charge in [0, 0.05) is 28.0 Å². The van der Waals surface area contributed by atoms with Gasteiger partial charge in [-0.05, 0) is 149 Å². The second-order valence-electron chi connectivity index (χ2n) is 21.1. The molecule has 0 amide bonds. The first-order valence-corrected chi connectivity index (χ1v) is 25.8. The summed E-state index contributed by atoms with van der Waals surface area (Å²) in [7, 11) is 0. The van der Waals surface area contributed by atoms with E-state index in [9.17, 15) is 0 Å². The van der Waals surface area contributed by atoms with Crippen LogP contribution in [0.25, 0.3) is 44.5 Å². The molecular formula is C71H48N2. The van der Waals surface area contributed by atoms with E-state index < -0.39 is 10.8 Å². The summed E-state index contributed by atoms with van der Waals surface area (Å²) in [5.41, 5.74) is 29.3. The lowest BCUT2D eigenvalue weighted by Crippen LogP contribution is -2.36. The zero-order valence-electron chi connectivity index (χ0n) is 40.6. The average Bonchev–Trinajstić information content (AvgIpc) is 4.11. The van der Waals surface area contributed by atoms with Crippen molar-refractivity contribution in [3.8, 4) is 44.5 Å². The highest BCUT2D eigenvalue weighted by molar-refractivity contribution is 6.03. The van der Waals surface area contributed by atoms with Crippen LogP contribution in [0, 0.1) is 0 Å². The fourth-order valence-electron chi connectivity index (χ4n) is 14.7. The van der Waals surface area contributed by atoms with Gasteiger partial charge in [-0.15, -0.1) is 0 Å². The lowest BCUT2D eigenvalue weighted by molar-refractivity contribution is 0.660. The molecule has 2 heteroatoms. The Morgan fingerprint density at radius 1 is 0.288 bits per heavy atom. The third-order valence-corrected chi connectivity index (χ3v) is 17.5. The maximum atomic E-state index is 2.61. The average molecular weight is 929 g/mol. The molecule has 0 aromatic heterocycles. The van der Waals surface area contributed by atoms with Crippen molar-refractivity contribution < 1.29 is 0 Å². The van der Waals surface area contributed by atoms with Crippen LogP contribution in [0.5, 0.6) is 0 Å². The number of rotatable bonds is 4. The van der Waals surface area contributed by atoms with Gasteiger partial charge in [-0.3, -0.25) is 0 Å². The molecule has 1 aliphatic heterocycles. The molecule has 2 spiro atoms. The Hall–Kier alpha value is -8.98. The van der Waals surface area contributed by atoms with Crippen molar-refractivity contribution in [1.29, 1.82) is 0 Å². The fourth-order valence-corrected chi connectivity index (χ4v) is 14.7. The monoisotopic (exact) mass is 928 g/mol. The topological polar surface area (TPSA) is 6.48 Å². The fraction of sp³-hybridized carbons (Fsp3) is 0.0704. The lowest BCUT2D eigenvalue weighted by Gasteiger charge is -2.45. The Balaban J connectivity index is 0.998. The zero-order valence-corrected chi connectivity index (χ0v) is 40.6. The number of anilines is 6. The van der Waals surface area contributed by atoms with E-state index in [1.54, 1.807) is 0 Å². The number of fused-ring (bicyclic) bond motifs is 22. The summed E-state index contributed by atoms with van der Waals surface area (Å²) in [6.45, 7) is 4.79. The van der Waals surface area contributed by atoms with Gasteiger partial charge in [0.15, 0.2) is 0 Å². The summed E-state index contributed by atoms with van der Waals surface area (Å²) in [6, 6.07) is 96.6. The molecule has 16 rings (SSSR count). The van der Waals surface area contributed by atoms with E-state index in [0.29, 0.717) is 0 Å². The van der Waals surface area contributed by atoms with E-state index in [1.807, 2.05) is 0 Å². The standard InChI is InChI=1S/C71H48N2/c1-69(2)55-28-11-6-23-48(55)52-41-39-46(43-63(52)69)72(67-38-20-35-62-68(67)54-27-10-15-32-59(54)70(62)56-29-12-7-24-49(56)50-25-8-13-30-57(50)70)47-40-42-53-51-26-9-14-31-58(51)71(64(53)44-47)60-33-16-18-36-65(60)73(45-21-4-3-5-22-45)66-37-19-17-34-61(66)71/h3-44H,1-2H3. The normalized spacial score (nSPS) is 15.3. The Bertz CT molecular complexity index is 4060. The highest BCUT2D eigenvalue weighted by Gasteiger charge is 2.54. The van der Waals surface area contributed by atoms with Gasteiger partial charge < -0.3 is 9.80 Å². The van der Waals surface area contributed by atoms with Gasteiger partial charge in [-0.2, -0.15) is 0 Å². The van der Waals surface area contributed by atoms with Gasteiger partial charge in [0.2, 0.25) is 0 Å². The van der Waals surface area contributed by atoms with Crippen LogP contribution in [-0.4, -0.2) is 0 Å². The Kier molecular flexibility index (Phi) is 8.12. The predicted octanol–water partition coefficient (Wildman–Crippen LogP) is 18.0. The highest BCUT2D eigenvalue weighted by atomic mass is 15.2. The third kappa shape index (κ3) is 5.03. The smallest absolute Gasteiger partial charge is 0.0755 e. The number of hydrogen-bond donors (Lipinski definition) is 0. The van der Waals surface area contributed by atoms with E-state index in [0.717, 1.165) is 17.1 Å². The van der Waals surface area contributed by atoms with Crippen LogP contribution in [-0.2, 0) is 16.2 Å². The van der Waals surface area contributed by atoms with E-state index in [4.69, 9.17) is 0 Å². The van der Waals surface area contributed by atoms with Crippen LogP contribution in [0.1, 0.15) is 69.5 Å². The van der Waals surface area contributed by atoms with Crippen LogP contribution in [0.15, 0.2) is 255 Å². The molecule has 0 unspecified atom stereocenters. The van der Waals surface area contributed by atoms with Crippen molar-refractivity contribution in [2.75, 3.05) is 9.80 Å². The SMILES string of the molecule is CC1(C)c2ccccc2-c2ccc(N(c3ccc4c(c3)C3(c5ccccc5-4)c4ccccc4N(c4ccccc4)c4ccccc43)c3cccc4c3-c3ccccc3C43c4ccccc4-c4ccccc43)cc21. The van der Waals surface area contributed by atoms with Gasteiger partial charge in [0.05, 0.1) is 27.9 Å². The van der Waals surface area contributed by atoms with Crippen molar-refractivity contribution >= 4 is 34.1 Å². The largest absolute Gasteiger partial charge is 0.310 e. The molecule has 0 fully saturated rings. The number of para-hydroxylation sites is 3. The van der Waals surface area contributed by atoms with Crippen molar-refractivity contribution in [2.24, 2.45) is 0 Å². The van der Waals surface area contributed by atoms with E-state index >= 15 is 0 Å². The lowest BCUT2D eigenvalue weighted by atomic mass is 9.64. The molecule has 0 atom stereocenters. The van der Waals surface area contributed by atoms with Gasteiger partial charge >= 0.3 is 0 Å². The molecule has 73 heavy (non-hydrogen) atoms. The second kappa shape index (κ2) is 14.6. The van der Waals surface area contributed by atoms with Crippen LogP contribution in [0.3, 0.4) is 0 Å². The summed E-state index contributed by atoms with van der Waals surface area (Å²) in [5.74, 6) is 0. The molecule has 2 nitrogen and oxygen atoms in total. The Morgan fingerprint density at radius 3 is 1.23 bits per heavy atom. The molecule has 0 bridgehead atoms. The molecule has 5 aliphatic rings. The van der Waals surface area contributed by atoms with Crippen LogP contribution >= 0.6 is 0 Å². The van der Waals surface area contributed by atoms with E-state index in [-0.39, 0.29) is 5.41 Å². The molecule has 1 heterocycles. The van der Waals surface area contributed by atoms with E-state index in [2.05, 4.69) is 278 Å². The first kappa shape index (κ1) is 40.7. The molecule has 11 aromatic carbocycles. The van der Waals surface area contributed by atoms with E-state index in [1.165, 1.54) is 117 Å². The van der Waals surface area contributed by atoms with Gasteiger partial charge in [0.1, 0.15) is 0 Å². The summed E-state index contributed by atoms with van der Waals surface area (Å²) in [5, 5.41) is 0. The minimum atomic E-state index is -0.611. The first-order chi connectivity index (χ1) is 36.0. The van der Waals surface area contributed by atoms with Crippen molar-refractivity contribution in [3.63, 3.8) is 0 Å². The maximum absolute atomic E-state index is 2.61. The van der Waals surface area contributed by atoms with Crippen molar-refractivity contribution in [3.05, 3.63) is 310 Å². The number of benzene rings is 11. The van der Waals surface area contributed by atoms with Crippen LogP contribution in [0.4, 0.5) is 34.1 Å². The quantitative estimate of drug-likeness (QED) is 0.174. The third-order valence-electron chi connectivity index (χ3n) is 17.5. The maximum Gasteiger partial charge on any atom is 0.0755 e. The molecule has 4 aliphatic carbocycles. The molecule has 0 saturated carbocycles. The summed E-state index contributed by atoms with van der Waals surface area (Å²) in [6.07, 6.45) is 0. The van der Waals surface area contributed by atoms with Gasteiger partial charge in [-0.1, -0.05) is 214 Å². The zero-order chi connectivity index (χ0) is 48.2. The van der Waals surface area contributed by atoms with Crippen LogP contribution < -0.4 is 9.80 Å². The minimum Gasteiger partial charge on any atom is -0.310 e. The summed E-state index contributed by atoms with van der Waals surface area (Å²) < 4.78 is 0. The van der Waals surface area contributed by atoms with Gasteiger partial charge in [-0.25, -0.2) is 0 Å². The van der Waals surface area contributed by atoms with Crippen molar-refractivity contribution in [2.45, 2.75) is 30.1 Å². The number of nitrogens with zero attached hydrogens (tertiary/aromatic N) is 2. The molecular weight excluding hydrogens is 881 g/mol. The van der Waals surface area contributed by atoms with Gasteiger partial charge in [0.25, 0.3) is 0 Å². The Morgan fingerprint density at radius 2 is 0.671 bits per heavy atom.